The van der Waals surface area contributed by atoms with Gasteiger partial charge in [-0.3, -0.25) is 4.57 Å². The summed E-state index contributed by atoms with van der Waals surface area (Å²) in [5.74, 6) is 2.31. The molecule has 1 saturated carbocycles. The maximum Gasteiger partial charge on any atom is 0.151 e. The lowest BCUT2D eigenvalue weighted by molar-refractivity contribution is 0.483. The minimum Gasteiger partial charge on any atom is -0.353 e. The molecule has 3 aromatic heterocycles. The summed E-state index contributed by atoms with van der Waals surface area (Å²) in [6.07, 6.45) is 7.88. The van der Waals surface area contributed by atoms with E-state index in [-0.39, 0.29) is 0 Å². The van der Waals surface area contributed by atoms with E-state index in [0.29, 0.717) is 17.5 Å². The van der Waals surface area contributed by atoms with Crippen LogP contribution in [0.3, 0.4) is 0 Å². The first kappa shape index (κ1) is 16.2. The zero-order valence-corrected chi connectivity index (χ0v) is 15.3. The fourth-order valence-electron chi connectivity index (χ4n) is 3.94. The molecule has 27 heavy (non-hydrogen) atoms. The number of hydrogen-bond acceptors (Lipinski definition) is 6. The Bertz CT molecular complexity index is 1040. The van der Waals surface area contributed by atoms with E-state index in [1.165, 1.54) is 18.4 Å². The van der Waals surface area contributed by atoms with Gasteiger partial charge in [-0.25, -0.2) is 15.0 Å². The number of anilines is 1. The van der Waals surface area contributed by atoms with E-state index >= 15 is 0 Å². The number of nitrogens with one attached hydrogen (secondary N) is 1. The van der Waals surface area contributed by atoms with Crippen molar-refractivity contribution in [1.82, 2.24) is 24.8 Å². The van der Waals surface area contributed by atoms with Crippen molar-refractivity contribution in [2.24, 2.45) is 0 Å². The molecule has 0 aromatic carbocycles. The Hall–Kier alpha value is -2.98. The van der Waals surface area contributed by atoms with E-state index < -0.39 is 0 Å². The lowest BCUT2D eigenvalue weighted by Gasteiger charge is -2.33. The summed E-state index contributed by atoms with van der Waals surface area (Å²) in [7, 11) is 0. The second-order valence-corrected chi connectivity index (χ2v) is 7.44. The molecule has 0 spiro atoms. The Labute approximate surface area is 157 Å². The van der Waals surface area contributed by atoms with Gasteiger partial charge in [0, 0.05) is 38.1 Å². The first-order valence-electron chi connectivity index (χ1n) is 9.45. The zero-order valence-electron chi connectivity index (χ0n) is 15.3. The summed E-state index contributed by atoms with van der Waals surface area (Å²) in [6.45, 7) is 5.03. The standard InChI is InChI=1S/C20H21N7/c1-13-10-26(7-6-22-13)19-18-16(15-2-3-15)11-27(20(18)25-12-24-19)17-8-14(9-21)4-5-23-17/h4-5,8,11-13,15,22H,2-3,6-7,10H2,1H3/t13-/m1/s1. The lowest BCUT2D eigenvalue weighted by atomic mass is 10.1. The van der Waals surface area contributed by atoms with Gasteiger partial charge in [-0.15, -0.1) is 0 Å². The fourth-order valence-corrected chi connectivity index (χ4v) is 3.94. The van der Waals surface area contributed by atoms with Crippen LogP contribution in [-0.2, 0) is 0 Å². The van der Waals surface area contributed by atoms with E-state index in [2.05, 4.69) is 44.4 Å². The normalized spacial score (nSPS) is 20.0. The highest BCUT2D eigenvalue weighted by Crippen LogP contribution is 2.46. The molecule has 0 radical (unpaired) electrons. The maximum atomic E-state index is 9.24. The van der Waals surface area contributed by atoms with E-state index in [0.717, 1.165) is 42.3 Å². The molecule has 7 heteroatoms. The molecule has 1 saturated heterocycles. The Kier molecular flexibility index (Phi) is 3.80. The molecule has 4 heterocycles. The average molecular weight is 359 g/mol. The van der Waals surface area contributed by atoms with Crippen molar-refractivity contribution < 1.29 is 0 Å². The van der Waals surface area contributed by atoms with Crippen LogP contribution in [0.4, 0.5) is 5.82 Å². The first-order chi connectivity index (χ1) is 13.2. The number of hydrogen-bond donors (Lipinski definition) is 1. The lowest BCUT2D eigenvalue weighted by Crippen LogP contribution is -2.49. The highest BCUT2D eigenvalue weighted by atomic mass is 15.3. The van der Waals surface area contributed by atoms with Gasteiger partial charge in [-0.2, -0.15) is 5.26 Å². The molecule has 5 rings (SSSR count). The molecule has 1 atom stereocenters. The third-order valence-electron chi connectivity index (χ3n) is 5.40. The van der Waals surface area contributed by atoms with Gasteiger partial charge in [0.15, 0.2) is 5.65 Å². The summed E-state index contributed by atoms with van der Waals surface area (Å²) in [5.41, 5.74) is 2.77. The summed E-state index contributed by atoms with van der Waals surface area (Å²) < 4.78 is 2.01. The molecule has 3 aromatic rings. The molecular weight excluding hydrogens is 338 g/mol. The van der Waals surface area contributed by atoms with Crippen molar-refractivity contribution >= 4 is 16.9 Å². The zero-order chi connectivity index (χ0) is 18.4. The highest BCUT2D eigenvalue weighted by Gasteiger charge is 2.31. The van der Waals surface area contributed by atoms with Crippen LogP contribution in [0, 0.1) is 11.3 Å². The van der Waals surface area contributed by atoms with Crippen molar-refractivity contribution in [3.63, 3.8) is 0 Å². The number of piperazine rings is 1. The van der Waals surface area contributed by atoms with Crippen LogP contribution < -0.4 is 10.2 Å². The minimum atomic E-state index is 0.434. The topological polar surface area (TPSA) is 82.7 Å². The second kappa shape index (κ2) is 6.32. The van der Waals surface area contributed by atoms with Crippen molar-refractivity contribution in [2.75, 3.05) is 24.5 Å². The summed E-state index contributed by atoms with van der Waals surface area (Å²) in [6, 6.07) is 6.16. The van der Waals surface area contributed by atoms with Crippen LogP contribution >= 0.6 is 0 Å². The molecule has 1 aliphatic heterocycles. The van der Waals surface area contributed by atoms with Crippen molar-refractivity contribution in [2.45, 2.75) is 31.7 Å². The third kappa shape index (κ3) is 2.82. The molecule has 2 aliphatic rings. The van der Waals surface area contributed by atoms with Gasteiger partial charge in [-0.1, -0.05) is 0 Å². The van der Waals surface area contributed by atoms with Crippen LogP contribution in [0.1, 0.15) is 36.8 Å². The Morgan fingerprint density at radius 3 is 2.93 bits per heavy atom. The summed E-state index contributed by atoms with van der Waals surface area (Å²) in [4.78, 5) is 16.1. The average Bonchev–Trinajstić information content (AvgIpc) is 3.48. The minimum absolute atomic E-state index is 0.434. The molecule has 2 fully saturated rings. The molecule has 0 unspecified atom stereocenters. The van der Waals surface area contributed by atoms with Crippen LogP contribution in [0.15, 0.2) is 30.9 Å². The van der Waals surface area contributed by atoms with Gasteiger partial charge >= 0.3 is 0 Å². The number of nitrogens with zero attached hydrogens (tertiary/aromatic N) is 6. The van der Waals surface area contributed by atoms with Crippen molar-refractivity contribution in [3.8, 4) is 11.9 Å². The Morgan fingerprint density at radius 2 is 2.15 bits per heavy atom. The highest BCUT2D eigenvalue weighted by molar-refractivity contribution is 5.93. The molecule has 7 nitrogen and oxygen atoms in total. The monoisotopic (exact) mass is 359 g/mol. The van der Waals surface area contributed by atoms with Crippen LogP contribution in [0.2, 0.25) is 0 Å². The smallest absolute Gasteiger partial charge is 0.151 e. The van der Waals surface area contributed by atoms with Gasteiger partial charge < -0.3 is 10.2 Å². The largest absolute Gasteiger partial charge is 0.353 e. The van der Waals surface area contributed by atoms with E-state index in [1.807, 2.05) is 10.6 Å². The van der Waals surface area contributed by atoms with E-state index in [1.54, 1.807) is 18.6 Å². The second-order valence-electron chi connectivity index (χ2n) is 7.44. The summed E-state index contributed by atoms with van der Waals surface area (Å²) in [5, 5.41) is 13.9. The number of fused-ring (bicyclic) bond motifs is 1. The van der Waals surface area contributed by atoms with Gasteiger partial charge in [0.1, 0.15) is 18.0 Å². The van der Waals surface area contributed by atoms with Crippen LogP contribution in [0.25, 0.3) is 16.9 Å². The first-order valence-corrected chi connectivity index (χ1v) is 9.45. The molecule has 0 amide bonds. The van der Waals surface area contributed by atoms with Gasteiger partial charge in [0.2, 0.25) is 0 Å². The number of rotatable bonds is 3. The summed E-state index contributed by atoms with van der Waals surface area (Å²) >= 11 is 0. The fraction of sp³-hybridized carbons (Fsp3) is 0.400. The van der Waals surface area contributed by atoms with Crippen LogP contribution in [-0.4, -0.2) is 45.2 Å². The number of pyridine rings is 1. The van der Waals surface area contributed by atoms with Gasteiger partial charge in [-0.05, 0) is 43.4 Å². The number of nitriles is 1. The molecule has 0 bridgehead atoms. The third-order valence-corrected chi connectivity index (χ3v) is 5.40. The van der Waals surface area contributed by atoms with Crippen LogP contribution in [0.5, 0.6) is 0 Å². The predicted molar refractivity (Wildman–Crippen MR) is 103 cm³/mol. The van der Waals surface area contributed by atoms with Gasteiger partial charge in [0.25, 0.3) is 0 Å². The van der Waals surface area contributed by atoms with Crippen molar-refractivity contribution in [3.05, 3.63) is 42.0 Å². The molecule has 136 valence electrons. The number of aromatic nitrogens is 4. The van der Waals surface area contributed by atoms with E-state index in [9.17, 15) is 5.26 Å². The Balaban J connectivity index is 1.70. The van der Waals surface area contributed by atoms with Crippen molar-refractivity contribution in [1.29, 1.82) is 5.26 Å². The van der Waals surface area contributed by atoms with Gasteiger partial charge in [0.05, 0.1) is 17.0 Å². The molecular formula is C20H21N7. The SMILES string of the molecule is C[C@@H]1CN(c2ncnc3c2c(C2CC2)cn3-c2cc(C#N)ccn2)CCN1. The quantitative estimate of drug-likeness (QED) is 0.773. The molecule has 1 N–H and O–H groups in total. The van der Waals surface area contributed by atoms with E-state index in [4.69, 9.17) is 0 Å². The molecule has 1 aliphatic carbocycles. The Morgan fingerprint density at radius 1 is 1.26 bits per heavy atom. The predicted octanol–water partition coefficient (Wildman–Crippen LogP) is 2.36. The maximum absolute atomic E-state index is 9.24.